The maximum Gasteiger partial charge on any atom is 0.0962 e. The van der Waals surface area contributed by atoms with Gasteiger partial charge >= 0.3 is 0 Å². The Morgan fingerprint density at radius 3 is 2.54 bits per heavy atom. The first-order chi connectivity index (χ1) is 6.18. The number of hydrogen-bond acceptors (Lipinski definition) is 2. The Kier molecular flexibility index (Phi) is 7.69. The van der Waals surface area contributed by atoms with Crippen LogP contribution in [0.25, 0.3) is 0 Å². The molecule has 0 aliphatic heterocycles. The van der Waals surface area contributed by atoms with Gasteiger partial charge in [-0.3, -0.25) is 4.99 Å². The minimum atomic E-state index is 0.374. The molecule has 0 aliphatic rings. The number of rotatable bonds is 7. The fourth-order valence-electron chi connectivity index (χ4n) is 0.926. The summed E-state index contributed by atoms with van der Waals surface area (Å²) in [5.41, 5.74) is 5.68. The third-order valence-corrected chi connectivity index (χ3v) is 1.89. The lowest BCUT2D eigenvalue weighted by Crippen LogP contribution is -2.19. The highest BCUT2D eigenvalue weighted by molar-refractivity contribution is 5.82. The van der Waals surface area contributed by atoms with Gasteiger partial charge in [-0.2, -0.15) is 0 Å². The summed E-state index contributed by atoms with van der Waals surface area (Å²) >= 11 is 0. The molecule has 0 aromatic rings. The van der Waals surface area contributed by atoms with E-state index in [1.54, 1.807) is 7.11 Å². The van der Waals surface area contributed by atoms with Crippen molar-refractivity contribution in [3.8, 4) is 0 Å². The average molecular weight is 186 g/mol. The molecule has 3 nitrogen and oxygen atoms in total. The van der Waals surface area contributed by atoms with Crippen molar-refractivity contribution >= 4 is 5.84 Å². The summed E-state index contributed by atoms with van der Waals surface area (Å²) in [6.45, 7) is 5.82. The Labute approximate surface area is 81.4 Å². The molecule has 2 N–H and O–H groups in total. The highest BCUT2D eigenvalue weighted by Crippen LogP contribution is 1.97. The van der Waals surface area contributed by atoms with Crippen molar-refractivity contribution in [3.63, 3.8) is 0 Å². The lowest BCUT2D eigenvalue weighted by Gasteiger charge is -2.03. The van der Waals surface area contributed by atoms with E-state index in [4.69, 9.17) is 10.5 Å². The number of unbranched alkanes of at least 4 members (excludes halogenated alkanes) is 2. The number of nitrogens with zero attached hydrogens (tertiary/aromatic N) is 1. The van der Waals surface area contributed by atoms with Crippen molar-refractivity contribution < 1.29 is 4.74 Å². The summed E-state index contributed by atoms with van der Waals surface area (Å²) < 4.78 is 4.95. The molecule has 0 atom stereocenters. The van der Waals surface area contributed by atoms with Crippen LogP contribution in [-0.2, 0) is 4.74 Å². The monoisotopic (exact) mass is 186 g/mol. The average Bonchev–Trinajstić information content (AvgIpc) is 2.10. The predicted octanol–water partition coefficient (Wildman–Crippen LogP) is 1.82. The van der Waals surface area contributed by atoms with Gasteiger partial charge in [0.1, 0.15) is 0 Å². The first kappa shape index (κ1) is 12.4. The Balaban J connectivity index is 3.29. The van der Waals surface area contributed by atoms with E-state index in [-0.39, 0.29) is 0 Å². The summed E-state index contributed by atoms with van der Waals surface area (Å²) in [6, 6.07) is 0. The molecule has 0 fully saturated rings. The summed E-state index contributed by atoms with van der Waals surface area (Å²) in [5.74, 6) is 1.14. The van der Waals surface area contributed by atoms with Crippen LogP contribution in [0.15, 0.2) is 4.99 Å². The van der Waals surface area contributed by atoms with Crippen LogP contribution in [0.4, 0.5) is 0 Å². The highest BCUT2D eigenvalue weighted by atomic mass is 16.5. The van der Waals surface area contributed by atoms with Crippen LogP contribution in [0.5, 0.6) is 0 Å². The third kappa shape index (κ3) is 7.78. The van der Waals surface area contributed by atoms with Crippen molar-refractivity contribution in [2.75, 3.05) is 20.3 Å². The highest BCUT2D eigenvalue weighted by Gasteiger charge is 1.96. The summed E-state index contributed by atoms with van der Waals surface area (Å²) in [7, 11) is 1.73. The van der Waals surface area contributed by atoms with E-state index in [9.17, 15) is 0 Å². The van der Waals surface area contributed by atoms with Crippen LogP contribution in [-0.4, -0.2) is 26.1 Å². The maximum atomic E-state index is 5.68. The molecule has 0 bridgehead atoms. The molecule has 0 rings (SSSR count). The fourth-order valence-corrected chi connectivity index (χ4v) is 0.926. The number of aliphatic imine (C=N–C) groups is 1. The molecule has 0 heterocycles. The molecular formula is C10H22N2O. The minimum absolute atomic E-state index is 0.374. The van der Waals surface area contributed by atoms with E-state index in [1.807, 2.05) is 0 Å². The van der Waals surface area contributed by atoms with E-state index >= 15 is 0 Å². The smallest absolute Gasteiger partial charge is 0.0962 e. The molecule has 78 valence electrons. The summed E-state index contributed by atoms with van der Waals surface area (Å²) in [6.07, 6.45) is 3.40. The molecule has 0 aliphatic carbocycles. The number of ether oxygens (including phenoxy) is 1. The second kappa shape index (κ2) is 8.05. The lowest BCUT2D eigenvalue weighted by atomic mass is 10.2. The van der Waals surface area contributed by atoms with Crippen LogP contribution >= 0.6 is 0 Å². The SMILES string of the molecule is COCCCCCN=C(N)C(C)C. The third-order valence-electron chi connectivity index (χ3n) is 1.89. The Morgan fingerprint density at radius 1 is 1.31 bits per heavy atom. The first-order valence-corrected chi connectivity index (χ1v) is 4.97. The van der Waals surface area contributed by atoms with Gasteiger partial charge in [-0.25, -0.2) is 0 Å². The minimum Gasteiger partial charge on any atom is -0.387 e. The van der Waals surface area contributed by atoms with Gasteiger partial charge in [0.15, 0.2) is 0 Å². The first-order valence-electron chi connectivity index (χ1n) is 4.97. The Morgan fingerprint density at radius 2 is 2.00 bits per heavy atom. The van der Waals surface area contributed by atoms with E-state index in [0.29, 0.717) is 5.92 Å². The molecule has 0 saturated heterocycles. The van der Waals surface area contributed by atoms with Gasteiger partial charge in [0, 0.05) is 26.2 Å². The fraction of sp³-hybridized carbons (Fsp3) is 0.900. The van der Waals surface area contributed by atoms with Gasteiger partial charge in [0.05, 0.1) is 5.84 Å². The number of methoxy groups -OCH3 is 1. The normalized spacial score (nSPS) is 12.5. The molecular weight excluding hydrogens is 164 g/mol. The molecule has 0 saturated carbocycles. The summed E-state index contributed by atoms with van der Waals surface area (Å²) in [4.78, 5) is 4.27. The zero-order valence-electron chi connectivity index (χ0n) is 9.05. The molecule has 0 radical (unpaired) electrons. The Hall–Kier alpha value is -0.570. The van der Waals surface area contributed by atoms with Crippen LogP contribution < -0.4 is 5.73 Å². The second-order valence-electron chi connectivity index (χ2n) is 3.51. The zero-order chi connectivity index (χ0) is 10.1. The van der Waals surface area contributed by atoms with Gasteiger partial charge in [0.2, 0.25) is 0 Å². The number of nitrogens with two attached hydrogens (primary N) is 1. The molecule has 0 aromatic carbocycles. The van der Waals surface area contributed by atoms with Crippen molar-refractivity contribution in [3.05, 3.63) is 0 Å². The largest absolute Gasteiger partial charge is 0.387 e. The summed E-state index contributed by atoms with van der Waals surface area (Å²) in [5, 5.41) is 0. The molecule has 0 amide bonds. The van der Waals surface area contributed by atoms with E-state index in [2.05, 4.69) is 18.8 Å². The number of amidine groups is 1. The van der Waals surface area contributed by atoms with Crippen LogP contribution in [0.3, 0.4) is 0 Å². The number of hydrogen-bond donors (Lipinski definition) is 1. The topological polar surface area (TPSA) is 47.6 Å². The zero-order valence-corrected chi connectivity index (χ0v) is 9.05. The lowest BCUT2D eigenvalue weighted by molar-refractivity contribution is 0.192. The van der Waals surface area contributed by atoms with Crippen molar-refractivity contribution in [2.24, 2.45) is 16.6 Å². The maximum absolute atomic E-state index is 5.68. The van der Waals surface area contributed by atoms with Gasteiger partial charge in [-0.05, 0) is 19.3 Å². The second-order valence-corrected chi connectivity index (χ2v) is 3.51. The molecule has 0 aromatic heterocycles. The van der Waals surface area contributed by atoms with Crippen molar-refractivity contribution in [1.82, 2.24) is 0 Å². The standard InChI is InChI=1S/C10H22N2O/c1-9(2)10(11)12-7-5-4-6-8-13-3/h9H,4-8H2,1-3H3,(H2,11,12). The Bertz CT molecular complexity index is 144. The van der Waals surface area contributed by atoms with Gasteiger partial charge < -0.3 is 10.5 Å². The van der Waals surface area contributed by atoms with Crippen molar-refractivity contribution in [2.45, 2.75) is 33.1 Å². The van der Waals surface area contributed by atoms with E-state index in [0.717, 1.165) is 31.8 Å². The predicted molar refractivity (Wildman–Crippen MR) is 57.1 cm³/mol. The molecule has 0 unspecified atom stereocenters. The van der Waals surface area contributed by atoms with Crippen LogP contribution in [0, 0.1) is 5.92 Å². The quantitative estimate of drug-likeness (QED) is 0.374. The molecule has 13 heavy (non-hydrogen) atoms. The van der Waals surface area contributed by atoms with E-state index < -0.39 is 0 Å². The molecule has 3 heteroatoms. The van der Waals surface area contributed by atoms with Crippen LogP contribution in [0.2, 0.25) is 0 Å². The molecule has 0 spiro atoms. The van der Waals surface area contributed by atoms with Gasteiger partial charge in [0.25, 0.3) is 0 Å². The van der Waals surface area contributed by atoms with E-state index in [1.165, 1.54) is 6.42 Å². The van der Waals surface area contributed by atoms with Crippen molar-refractivity contribution in [1.29, 1.82) is 0 Å². The van der Waals surface area contributed by atoms with Gasteiger partial charge in [-0.1, -0.05) is 13.8 Å². The van der Waals surface area contributed by atoms with Crippen LogP contribution in [0.1, 0.15) is 33.1 Å². The van der Waals surface area contributed by atoms with Gasteiger partial charge in [-0.15, -0.1) is 0 Å².